The van der Waals surface area contributed by atoms with Crippen LogP contribution in [0.1, 0.15) is 163 Å². The van der Waals surface area contributed by atoms with Gasteiger partial charge in [-0.25, -0.2) is 9.59 Å². The molecule has 0 unspecified atom stereocenters. The summed E-state index contributed by atoms with van der Waals surface area (Å²) in [4.78, 5) is 48.3. The topological polar surface area (TPSA) is 129 Å². The van der Waals surface area contributed by atoms with Gasteiger partial charge in [0.05, 0.1) is 13.2 Å². The maximum absolute atomic E-state index is 12.3. The Kier molecular flexibility index (Phi) is 29.7. The largest absolute Gasteiger partial charge is 0.462 e. The van der Waals surface area contributed by atoms with Crippen LogP contribution in [-0.4, -0.2) is 62.6 Å². The van der Waals surface area contributed by atoms with Crippen LogP contribution in [0.5, 0.6) is 0 Å². The van der Waals surface area contributed by atoms with Crippen LogP contribution < -0.4 is 10.6 Å². The van der Waals surface area contributed by atoms with E-state index in [2.05, 4.69) is 38.3 Å². The van der Waals surface area contributed by atoms with Crippen molar-refractivity contribution in [1.82, 2.24) is 10.6 Å². The molecule has 0 aromatic rings. The highest BCUT2D eigenvalue weighted by atomic mass is 16.6. The van der Waals surface area contributed by atoms with E-state index in [9.17, 15) is 19.2 Å². The molecule has 0 radical (unpaired) electrons. The zero-order valence-electron chi connectivity index (χ0n) is 29.1. The van der Waals surface area contributed by atoms with E-state index in [1.54, 1.807) is 0 Å². The van der Waals surface area contributed by atoms with Crippen LogP contribution in [0.15, 0.2) is 0 Å². The second-order valence-corrected chi connectivity index (χ2v) is 11.9. The Balaban J connectivity index is 3.91. The molecule has 0 rings (SSSR count). The summed E-state index contributed by atoms with van der Waals surface area (Å²) in [5.74, 6) is -0.439. The first kappa shape index (κ1) is 42.5. The molecular formula is C35H66N2O8. The van der Waals surface area contributed by atoms with Gasteiger partial charge in [-0.1, -0.05) is 79.1 Å². The van der Waals surface area contributed by atoms with Gasteiger partial charge < -0.3 is 29.6 Å². The Morgan fingerprint density at radius 3 is 1.11 bits per heavy atom. The Hall–Kier alpha value is -2.52. The first-order valence-electron chi connectivity index (χ1n) is 18.1. The van der Waals surface area contributed by atoms with Crippen molar-refractivity contribution in [1.29, 1.82) is 0 Å². The monoisotopic (exact) mass is 642 g/mol. The number of hydrogen-bond acceptors (Lipinski definition) is 8. The molecule has 10 nitrogen and oxygen atoms in total. The zero-order valence-corrected chi connectivity index (χ0v) is 29.1. The van der Waals surface area contributed by atoms with E-state index in [0.717, 1.165) is 103 Å². The second-order valence-electron chi connectivity index (χ2n) is 11.9. The van der Waals surface area contributed by atoms with Crippen LogP contribution in [0.2, 0.25) is 0 Å². The van der Waals surface area contributed by atoms with Gasteiger partial charge in [0.2, 0.25) is 0 Å². The minimum absolute atomic E-state index is 0.0143. The van der Waals surface area contributed by atoms with Crippen molar-refractivity contribution in [2.24, 2.45) is 0 Å². The molecule has 0 fully saturated rings. The molecule has 0 bridgehead atoms. The molecule has 2 N–H and O–H groups in total. The smallest absolute Gasteiger partial charge is 0.407 e. The fourth-order valence-corrected chi connectivity index (χ4v) is 4.84. The third-order valence-corrected chi connectivity index (χ3v) is 7.52. The molecular weight excluding hydrogens is 576 g/mol. The van der Waals surface area contributed by atoms with E-state index >= 15 is 0 Å². The molecule has 2 amide bonds. The maximum Gasteiger partial charge on any atom is 0.407 e. The van der Waals surface area contributed by atoms with E-state index in [4.69, 9.17) is 18.9 Å². The van der Waals surface area contributed by atoms with E-state index in [-0.39, 0.29) is 50.2 Å². The first-order valence-corrected chi connectivity index (χ1v) is 18.1. The summed E-state index contributed by atoms with van der Waals surface area (Å²) in [6.45, 7) is 9.47. The number of esters is 2. The Morgan fingerprint density at radius 1 is 0.467 bits per heavy atom. The lowest BCUT2D eigenvalue weighted by Gasteiger charge is -2.18. The standard InChI is InChI=1S/C35H66N2O8/c1-5-9-13-20-30(21-14-10-6-2)44-32(38)24-17-26-36-34(40)42-28-19-29-43-35(41)37-27-18-25-33(39)45-31(22-15-11-7-3)23-16-12-8-4/h30-31H,5-29H2,1-4H3,(H,36,40)(H,37,41). The number of unbranched alkanes of at least 4 members (excludes halogenated alkanes) is 8. The van der Waals surface area contributed by atoms with Crippen molar-refractivity contribution >= 4 is 24.1 Å². The molecule has 45 heavy (non-hydrogen) atoms. The number of nitrogens with one attached hydrogen (secondary N) is 2. The summed E-state index contributed by atoms with van der Waals surface area (Å²) in [6.07, 6.45) is 17.7. The van der Waals surface area contributed by atoms with Gasteiger partial charge in [-0.3, -0.25) is 9.59 Å². The van der Waals surface area contributed by atoms with Crippen molar-refractivity contribution in [2.75, 3.05) is 26.3 Å². The van der Waals surface area contributed by atoms with Crippen LogP contribution in [-0.2, 0) is 28.5 Å². The number of carbonyl (C=O) groups is 4. The summed E-state index contributed by atoms with van der Waals surface area (Å²) in [6, 6.07) is 0. The zero-order chi connectivity index (χ0) is 33.4. The molecule has 0 aliphatic heterocycles. The van der Waals surface area contributed by atoms with Crippen LogP contribution in [0.4, 0.5) is 9.59 Å². The highest BCUT2D eigenvalue weighted by Gasteiger charge is 2.15. The van der Waals surface area contributed by atoms with Crippen molar-refractivity contribution in [3.05, 3.63) is 0 Å². The molecule has 0 saturated carbocycles. The molecule has 0 atom stereocenters. The fraction of sp³-hybridized carbons (Fsp3) is 0.886. The van der Waals surface area contributed by atoms with Crippen LogP contribution >= 0.6 is 0 Å². The van der Waals surface area contributed by atoms with Crippen LogP contribution in [0.25, 0.3) is 0 Å². The van der Waals surface area contributed by atoms with Crippen molar-refractivity contribution in [3.63, 3.8) is 0 Å². The van der Waals surface area contributed by atoms with Gasteiger partial charge in [0.25, 0.3) is 0 Å². The minimum atomic E-state index is -0.574. The van der Waals surface area contributed by atoms with Crippen LogP contribution in [0, 0.1) is 0 Å². The number of hydrogen-bond donors (Lipinski definition) is 2. The number of ether oxygens (including phenoxy) is 4. The Morgan fingerprint density at radius 2 is 0.800 bits per heavy atom. The lowest BCUT2D eigenvalue weighted by Crippen LogP contribution is -2.28. The van der Waals surface area contributed by atoms with Gasteiger partial charge >= 0.3 is 24.1 Å². The van der Waals surface area contributed by atoms with Crippen molar-refractivity contribution < 1.29 is 38.1 Å². The molecule has 0 aromatic heterocycles. The molecule has 0 aromatic carbocycles. The maximum atomic E-state index is 12.3. The molecule has 0 aliphatic rings. The van der Waals surface area contributed by atoms with Crippen molar-refractivity contribution in [2.45, 2.75) is 175 Å². The predicted molar refractivity (Wildman–Crippen MR) is 178 cm³/mol. The van der Waals surface area contributed by atoms with E-state index in [0.29, 0.717) is 32.4 Å². The highest BCUT2D eigenvalue weighted by molar-refractivity contribution is 5.70. The van der Waals surface area contributed by atoms with Gasteiger partial charge in [0.15, 0.2) is 0 Å². The predicted octanol–water partition coefficient (Wildman–Crippen LogP) is 8.53. The van der Waals surface area contributed by atoms with E-state index in [1.807, 2.05) is 0 Å². The van der Waals surface area contributed by atoms with Gasteiger partial charge in [-0.05, 0) is 64.2 Å². The molecule has 264 valence electrons. The molecule has 10 heteroatoms. The van der Waals surface area contributed by atoms with E-state index in [1.165, 1.54) is 0 Å². The minimum Gasteiger partial charge on any atom is -0.462 e. The van der Waals surface area contributed by atoms with Gasteiger partial charge in [-0.2, -0.15) is 0 Å². The van der Waals surface area contributed by atoms with Gasteiger partial charge in [-0.15, -0.1) is 0 Å². The summed E-state index contributed by atoms with van der Waals surface area (Å²) < 4.78 is 21.6. The summed E-state index contributed by atoms with van der Waals surface area (Å²) >= 11 is 0. The molecule has 0 heterocycles. The fourth-order valence-electron chi connectivity index (χ4n) is 4.84. The summed E-state index contributed by atoms with van der Waals surface area (Å²) in [5.41, 5.74) is 0. The van der Waals surface area contributed by atoms with Crippen LogP contribution in [0.3, 0.4) is 0 Å². The van der Waals surface area contributed by atoms with Gasteiger partial charge in [0.1, 0.15) is 12.2 Å². The number of alkyl carbamates (subject to hydrolysis) is 2. The first-order chi connectivity index (χ1) is 21.9. The molecule has 0 saturated heterocycles. The average Bonchev–Trinajstić information content (AvgIpc) is 3.01. The quantitative estimate of drug-likeness (QED) is 0.0453. The van der Waals surface area contributed by atoms with Gasteiger partial charge in [0, 0.05) is 32.4 Å². The normalized spacial score (nSPS) is 11.0. The summed E-state index contributed by atoms with van der Waals surface area (Å²) in [5, 5.41) is 5.26. The van der Waals surface area contributed by atoms with Crippen molar-refractivity contribution in [3.8, 4) is 0 Å². The Bertz CT molecular complexity index is 669. The Labute approximate surface area is 273 Å². The lowest BCUT2D eigenvalue weighted by atomic mass is 10.0. The molecule has 0 aliphatic carbocycles. The summed E-state index contributed by atoms with van der Waals surface area (Å²) in [7, 11) is 0. The average molecular weight is 643 g/mol. The third kappa shape index (κ3) is 28.7. The highest BCUT2D eigenvalue weighted by Crippen LogP contribution is 2.16. The SMILES string of the molecule is CCCCCC(CCCCC)OC(=O)CCCNC(=O)OCCCOC(=O)NCCCC(=O)OC(CCCCC)CCCCC. The molecule has 0 spiro atoms. The number of rotatable bonds is 30. The number of amides is 2. The number of carbonyl (C=O) groups excluding carboxylic acids is 4. The lowest BCUT2D eigenvalue weighted by molar-refractivity contribution is -0.151. The third-order valence-electron chi connectivity index (χ3n) is 7.52. The second kappa shape index (κ2) is 31.5. The van der Waals surface area contributed by atoms with E-state index < -0.39 is 12.2 Å².